The summed E-state index contributed by atoms with van der Waals surface area (Å²) >= 11 is 0. The summed E-state index contributed by atoms with van der Waals surface area (Å²) in [5, 5.41) is 14.1. The van der Waals surface area contributed by atoms with Crippen molar-refractivity contribution in [2.24, 2.45) is 0 Å². The van der Waals surface area contributed by atoms with Gasteiger partial charge < -0.3 is 19.9 Å². The summed E-state index contributed by atoms with van der Waals surface area (Å²) in [6.07, 6.45) is 2.69. The number of ether oxygens (including phenoxy) is 2. The zero-order chi connectivity index (χ0) is 19.3. The van der Waals surface area contributed by atoms with Gasteiger partial charge in [-0.2, -0.15) is 0 Å². The molecule has 1 saturated carbocycles. The van der Waals surface area contributed by atoms with Crippen molar-refractivity contribution in [3.63, 3.8) is 0 Å². The topological polar surface area (TPSA) is 83.9 Å². The molecule has 1 aromatic heterocycles. The number of benzene rings is 1. The van der Waals surface area contributed by atoms with Crippen LogP contribution in [-0.4, -0.2) is 71.5 Å². The molecule has 148 valence electrons. The molecule has 4 atom stereocenters. The molecule has 7 heteroatoms. The Labute approximate surface area is 164 Å². The van der Waals surface area contributed by atoms with Gasteiger partial charge in [0, 0.05) is 31.3 Å². The van der Waals surface area contributed by atoms with E-state index < -0.39 is 12.2 Å². The van der Waals surface area contributed by atoms with Crippen molar-refractivity contribution in [2.45, 2.75) is 30.7 Å². The molecule has 2 N–H and O–H groups in total. The number of rotatable bonds is 5. The van der Waals surface area contributed by atoms with E-state index >= 15 is 0 Å². The predicted molar refractivity (Wildman–Crippen MR) is 103 cm³/mol. The molecular weight excluding hydrogens is 358 g/mol. The highest BCUT2D eigenvalue weighted by Gasteiger charge is 2.47. The number of aliphatic hydroxyl groups is 1. The second kappa shape index (κ2) is 8.68. The van der Waals surface area contributed by atoms with Gasteiger partial charge in [-0.25, -0.2) is 0 Å². The first-order valence-electron chi connectivity index (χ1n) is 9.65. The lowest BCUT2D eigenvalue weighted by Gasteiger charge is -2.37. The van der Waals surface area contributed by atoms with Gasteiger partial charge in [-0.1, -0.05) is 18.2 Å². The minimum Gasteiger partial charge on any atom is -0.486 e. The molecule has 28 heavy (non-hydrogen) atoms. The molecule has 2 aromatic rings. The van der Waals surface area contributed by atoms with Crippen LogP contribution >= 0.6 is 0 Å². The van der Waals surface area contributed by atoms with E-state index in [1.54, 1.807) is 30.6 Å². The number of aliphatic hydroxyl groups excluding tert-OH is 1. The number of amides is 1. The first-order chi connectivity index (χ1) is 13.7. The fraction of sp³-hybridized carbons (Fsp3) is 0.429. The third-order valence-corrected chi connectivity index (χ3v) is 5.37. The van der Waals surface area contributed by atoms with Crippen LogP contribution < -0.4 is 10.1 Å². The Morgan fingerprint density at radius 3 is 2.68 bits per heavy atom. The lowest BCUT2D eigenvalue weighted by molar-refractivity contribution is -0.0350. The molecule has 0 spiro atoms. The standard InChI is InChI=1S/C21H25N3O4/c25-20-18(28-16-7-4-8-22-14-16)13-17(19(20)24-9-11-27-12-10-24)23-21(26)15-5-2-1-3-6-15/h1-8,14,17-20,25H,9-13H2,(H,23,26)/t17-,18-,19+,20+/m1/s1. The van der Waals surface area contributed by atoms with Gasteiger partial charge in [-0.15, -0.1) is 0 Å². The highest BCUT2D eigenvalue weighted by atomic mass is 16.5. The number of nitrogens with one attached hydrogen (secondary N) is 1. The maximum absolute atomic E-state index is 12.7. The summed E-state index contributed by atoms with van der Waals surface area (Å²) in [6.45, 7) is 2.69. The molecule has 0 bridgehead atoms. The van der Waals surface area contributed by atoms with Gasteiger partial charge in [-0.3, -0.25) is 14.7 Å². The van der Waals surface area contributed by atoms with Gasteiger partial charge in [0.05, 0.1) is 31.5 Å². The Bertz CT molecular complexity index is 768. The maximum atomic E-state index is 12.7. The molecule has 2 fully saturated rings. The van der Waals surface area contributed by atoms with E-state index in [1.807, 2.05) is 24.3 Å². The van der Waals surface area contributed by atoms with Gasteiger partial charge in [0.2, 0.25) is 0 Å². The fourth-order valence-electron chi connectivity index (χ4n) is 4.03. The quantitative estimate of drug-likeness (QED) is 0.804. The first kappa shape index (κ1) is 18.9. The molecule has 7 nitrogen and oxygen atoms in total. The zero-order valence-corrected chi connectivity index (χ0v) is 15.6. The van der Waals surface area contributed by atoms with E-state index in [0.717, 1.165) is 13.1 Å². The van der Waals surface area contributed by atoms with Crippen LogP contribution in [0.4, 0.5) is 0 Å². The fourth-order valence-corrected chi connectivity index (χ4v) is 4.03. The number of hydrogen-bond acceptors (Lipinski definition) is 6. The predicted octanol–water partition coefficient (Wildman–Crippen LogP) is 1.09. The minimum absolute atomic E-state index is 0.141. The van der Waals surface area contributed by atoms with Crippen LogP contribution in [0.5, 0.6) is 5.75 Å². The SMILES string of the molecule is O=C(N[C@@H]1C[C@@H](Oc2cccnc2)[C@H](O)[C@H]1N1CCOCC1)c1ccccc1. The van der Waals surface area contributed by atoms with Crippen LogP contribution in [0, 0.1) is 0 Å². The van der Waals surface area contributed by atoms with Crippen molar-refractivity contribution >= 4 is 5.91 Å². The summed E-state index contributed by atoms with van der Waals surface area (Å²) in [5.41, 5.74) is 0.606. The largest absolute Gasteiger partial charge is 0.486 e. The van der Waals surface area contributed by atoms with Crippen LogP contribution in [-0.2, 0) is 4.74 Å². The average Bonchev–Trinajstić information content (AvgIpc) is 3.04. The Hall–Kier alpha value is -2.48. The van der Waals surface area contributed by atoms with Crippen LogP contribution in [0.2, 0.25) is 0 Å². The molecule has 1 aliphatic carbocycles. The molecule has 0 radical (unpaired) electrons. The van der Waals surface area contributed by atoms with E-state index in [1.165, 1.54) is 0 Å². The lowest BCUT2D eigenvalue weighted by Crippen LogP contribution is -2.56. The highest BCUT2D eigenvalue weighted by molar-refractivity contribution is 5.94. The molecule has 4 rings (SSSR count). The van der Waals surface area contributed by atoms with Crippen molar-refractivity contribution in [1.82, 2.24) is 15.2 Å². The summed E-state index contributed by atoms with van der Waals surface area (Å²) in [6, 6.07) is 12.3. The summed E-state index contributed by atoms with van der Waals surface area (Å²) in [4.78, 5) is 19.0. The third kappa shape index (κ3) is 4.16. The van der Waals surface area contributed by atoms with Gasteiger partial charge in [0.1, 0.15) is 18.0 Å². The monoisotopic (exact) mass is 383 g/mol. The first-order valence-corrected chi connectivity index (χ1v) is 9.65. The average molecular weight is 383 g/mol. The third-order valence-electron chi connectivity index (χ3n) is 5.37. The van der Waals surface area contributed by atoms with Gasteiger partial charge in [0.25, 0.3) is 5.91 Å². The van der Waals surface area contributed by atoms with Crippen molar-refractivity contribution in [3.8, 4) is 5.75 Å². The Balaban J connectivity index is 1.52. The van der Waals surface area contributed by atoms with Crippen molar-refractivity contribution in [2.75, 3.05) is 26.3 Å². The summed E-state index contributed by atoms with van der Waals surface area (Å²) in [7, 11) is 0. The van der Waals surface area contributed by atoms with Crippen molar-refractivity contribution in [3.05, 3.63) is 60.4 Å². The van der Waals surface area contributed by atoms with Gasteiger partial charge >= 0.3 is 0 Å². The smallest absolute Gasteiger partial charge is 0.251 e. The van der Waals surface area contributed by atoms with E-state index in [4.69, 9.17) is 9.47 Å². The Morgan fingerprint density at radius 2 is 1.96 bits per heavy atom. The molecule has 1 aromatic carbocycles. The van der Waals surface area contributed by atoms with Gasteiger partial charge in [-0.05, 0) is 24.3 Å². The van der Waals surface area contributed by atoms with E-state index in [2.05, 4.69) is 15.2 Å². The summed E-state index contributed by atoms with van der Waals surface area (Å²) < 4.78 is 11.5. The number of morpholine rings is 1. The minimum atomic E-state index is -0.723. The van der Waals surface area contributed by atoms with Crippen LogP contribution in [0.25, 0.3) is 0 Å². The highest BCUT2D eigenvalue weighted by Crippen LogP contribution is 2.30. The maximum Gasteiger partial charge on any atom is 0.251 e. The Kier molecular flexibility index (Phi) is 5.85. The van der Waals surface area contributed by atoms with E-state index in [0.29, 0.717) is 30.9 Å². The number of pyridine rings is 1. The van der Waals surface area contributed by atoms with E-state index in [-0.39, 0.29) is 18.0 Å². The van der Waals surface area contributed by atoms with Crippen molar-refractivity contribution < 1.29 is 19.4 Å². The second-order valence-electron chi connectivity index (χ2n) is 7.16. The molecule has 2 heterocycles. The molecular formula is C21H25N3O4. The zero-order valence-electron chi connectivity index (χ0n) is 15.6. The van der Waals surface area contributed by atoms with Crippen molar-refractivity contribution in [1.29, 1.82) is 0 Å². The number of nitrogens with zero attached hydrogens (tertiary/aromatic N) is 2. The van der Waals surface area contributed by atoms with Crippen LogP contribution in [0.3, 0.4) is 0 Å². The normalized spacial score (nSPS) is 28.0. The van der Waals surface area contributed by atoms with E-state index in [9.17, 15) is 9.90 Å². The molecule has 1 saturated heterocycles. The summed E-state index contributed by atoms with van der Waals surface area (Å²) in [5.74, 6) is 0.473. The second-order valence-corrected chi connectivity index (χ2v) is 7.16. The van der Waals surface area contributed by atoms with Crippen LogP contribution in [0.1, 0.15) is 16.8 Å². The lowest BCUT2D eigenvalue weighted by atomic mass is 10.1. The van der Waals surface area contributed by atoms with Crippen LogP contribution in [0.15, 0.2) is 54.9 Å². The molecule has 1 amide bonds. The number of carbonyl (C=O) groups excluding carboxylic acids is 1. The molecule has 1 aliphatic heterocycles. The van der Waals surface area contributed by atoms with Gasteiger partial charge in [0.15, 0.2) is 0 Å². The molecule has 0 unspecified atom stereocenters. The number of hydrogen-bond donors (Lipinski definition) is 2. The number of carbonyl (C=O) groups is 1. The molecule has 2 aliphatic rings. The number of aromatic nitrogens is 1. The Morgan fingerprint density at radius 1 is 1.18 bits per heavy atom.